The molecular formula is C16H29N3. The number of hydrogen-bond acceptors (Lipinski definition) is 2. The quantitative estimate of drug-likeness (QED) is 0.849. The summed E-state index contributed by atoms with van der Waals surface area (Å²) >= 11 is 0. The molecule has 0 aliphatic heterocycles. The van der Waals surface area contributed by atoms with Crippen molar-refractivity contribution in [1.82, 2.24) is 15.1 Å². The number of aryl methyl sites for hydroxylation is 1. The third kappa shape index (κ3) is 2.33. The molecule has 1 fully saturated rings. The molecule has 0 amide bonds. The van der Waals surface area contributed by atoms with Gasteiger partial charge in [-0.3, -0.25) is 4.68 Å². The Morgan fingerprint density at radius 3 is 2.37 bits per heavy atom. The summed E-state index contributed by atoms with van der Waals surface area (Å²) in [6.07, 6.45) is 5.40. The summed E-state index contributed by atoms with van der Waals surface area (Å²) in [4.78, 5) is 0. The summed E-state index contributed by atoms with van der Waals surface area (Å²) in [5, 5.41) is 8.17. The number of nitrogens with one attached hydrogen (secondary N) is 1. The lowest BCUT2D eigenvalue weighted by atomic mass is 9.99. The van der Waals surface area contributed by atoms with Crippen LogP contribution in [0.1, 0.15) is 59.6 Å². The Bertz CT molecular complexity index is 417. The van der Waals surface area contributed by atoms with Crippen molar-refractivity contribution in [2.24, 2.45) is 16.7 Å². The number of rotatable bonds is 6. The van der Waals surface area contributed by atoms with Crippen molar-refractivity contribution in [1.29, 1.82) is 0 Å². The zero-order chi connectivity index (χ0) is 14.3. The van der Waals surface area contributed by atoms with Gasteiger partial charge in [-0.2, -0.15) is 5.10 Å². The summed E-state index contributed by atoms with van der Waals surface area (Å²) < 4.78 is 2.07. The van der Waals surface area contributed by atoms with E-state index in [2.05, 4.69) is 62.8 Å². The summed E-state index contributed by atoms with van der Waals surface area (Å²) in [7, 11) is 0. The molecule has 0 bridgehead atoms. The third-order valence-corrected chi connectivity index (χ3v) is 5.35. The van der Waals surface area contributed by atoms with Gasteiger partial charge >= 0.3 is 0 Å². The van der Waals surface area contributed by atoms with Gasteiger partial charge in [0.1, 0.15) is 0 Å². The van der Waals surface area contributed by atoms with E-state index in [1.807, 2.05) is 6.20 Å². The molecule has 0 saturated heterocycles. The van der Waals surface area contributed by atoms with Crippen molar-refractivity contribution >= 4 is 0 Å². The fourth-order valence-corrected chi connectivity index (χ4v) is 3.62. The molecule has 108 valence electrons. The van der Waals surface area contributed by atoms with E-state index in [0.717, 1.165) is 19.5 Å². The van der Waals surface area contributed by atoms with Crippen molar-refractivity contribution in [3.63, 3.8) is 0 Å². The minimum Gasteiger partial charge on any atom is -0.310 e. The van der Waals surface area contributed by atoms with Crippen LogP contribution in [-0.4, -0.2) is 16.3 Å². The monoisotopic (exact) mass is 263 g/mol. The van der Waals surface area contributed by atoms with Crippen LogP contribution in [0.25, 0.3) is 0 Å². The first-order valence-electron chi connectivity index (χ1n) is 7.62. The molecular weight excluding hydrogens is 234 g/mol. The van der Waals surface area contributed by atoms with Gasteiger partial charge in [0.2, 0.25) is 0 Å². The predicted molar refractivity (Wildman–Crippen MR) is 80.0 cm³/mol. The van der Waals surface area contributed by atoms with Gasteiger partial charge in [0.05, 0.1) is 6.20 Å². The Kier molecular flexibility index (Phi) is 3.78. The van der Waals surface area contributed by atoms with Crippen molar-refractivity contribution in [3.8, 4) is 0 Å². The first-order chi connectivity index (χ1) is 8.86. The number of nitrogens with zero attached hydrogens (tertiary/aromatic N) is 2. The Hall–Kier alpha value is -0.830. The molecule has 1 unspecified atom stereocenters. The van der Waals surface area contributed by atoms with Crippen LogP contribution in [0.2, 0.25) is 0 Å². The van der Waals surface area contributed by atoms with Gasteiger partial charge in [0.15, 0.2) is 0 Å². The van der Waals surface area contributed by atoms with Gasteiger partial charge in [0, 0.05) is 24.3 Å². The summed E-state index contributed by atoms with van der Waals surface area (Å²) in [5.41, 5.74) is 2.14. The summed E-state index contributed by atoms with van der Waals surface area (Å²) in [5.74, 6) is 0.680. The van der Waals surface area contributed by atoms with Crippen molar-refractivity contribution in [3.05, 3.63) is 18.0 Å². The molecule has 3 nitrogen and oxygen atoms in total. The zero-order valence-corrected chi connectivity index (χ0v) is 13.3. The SMILES string of the molecule is CCCn1cc(C(NCC)C2C(C)(C)C2(C)C)cn1. The van der Waals surface area contributed by atoms with Gasteiger partial charge in [-0.15, -0.1) is 0 Å². The molecule has 1 aliphatic carbocycles. The molecule has 0 spiro atoms. The van der Waals surface area contributed by atoms with Crippen LogP contribution in [-0.2, 0) is 6.54 Å². The smallest absolute Gasteiger partial charge is 0.0537 e. The Balaban J connectivity index is 2.21. The van der Waals surface area contributed by atoms with Gasteiger partial charge in [-0.25, -0.2) is 0 Å². The lowest BCUT2D eigenvalue weighted by Gasteiger charge is -2.18. The highest BCUT2D eigenvalue weighted by molar-refractivity contribution is 5.24. The molecule has 0 aromatic carbocycles. The fraction of sp³-hybridized carbons (Fsp3) is 0.812. The third-order valence-electron chi connectivity index (χ3n) is 5.35. The average molecular weight is 263 g/mol. The Morgan fingerprint density at radius 1 is 1.26 bits per heavy atom. The largest absolute Gasteiger partial charge is 0.310 e. The van der Waals surface area contributed by atoms with E-state index >= 15 is 0 Å². The maximum Gasteiger partial charge on any atom is 0.0537 e. The van der Waals surface area contributed by atoms with E-state index in [0.29, 0.717) is 22.8 Å². The summed E-state index contributed by atoms with van der Waals surface area (Å²) in [6, 6.07) is 0.431. The maximum absolute atomic E-state index is 4.49. The minimum atomic E-state index is 0.396. The second-order valence-electron chi connectivity index (χ2n) is 6.99. The second-order valence-corrected chi connectivity index (χ2v) is 6.99. The Morgan fingerprint density at radius 2 is 1.89 bits per heavy atom. The predicted octanol–water partition coefficient (Wildman–Crippen LogP) is 3.63. The maximum atomic E-state index is 4.49. The molecule has 0 radical (unpaired) electrons. The number of aromatic nitrogens is 2. The lowest BCUT2D eigenvalue weighted by molar-refractivity contribution is 0.418. The summed E-state index contributed by atoms with van der Waals surface area (Å²) in [6.45, 7) is 15.9. The molecule has 1 aliphatic rings. The van der Waals surface area contributed by atoms with E-state index < -0.39 is 0 Å². The molecule has 1 N–H and O–H groups in total. The van der Waals surface area contributed by atoms with E-state index in [4.69, 9.17) is 0 Å². The van der Waals surface area contributed by atoms with Gasteiger partial charge in [0.25, 0.3) is 0 Å². The normalized spacial score (nSPS) is 22.4. The van der Waals surface area contributed by atoms with Gasteiger partial charge in [-0.1, -0.05) is 41.5 Å². The fourth-order valence-electron chi connectivity index (χ4n) is 3.62. The van der Waals surface area contributed by atoms with Crippen molar-refractivity contribution < 1.29 is 0 Å². The van der Waals surface area contributed by atoms with Gasteiger partial charge < -0.3 is 5.32 Å². The average Bonchev–Trinajstić information content (AvgIpc) is 2.70. The number of hydrogen-bond donors (Lipinski definition) is 1. The topological polar surface area (TPSA) is 29.9 Å². The van der Waals surface area contributed by atoms with Crippen LogP contribution >= 0.6 is 0 Å². The molecule has 1 aromatic rings. The molecule has 1 heterocycles. The van der Waals surface area contributed by atoms with Crippen molar-refractivity contribution in [2.75, 3.05) is 6.54 Å². The van der Waals surface area contributed by atoms with Crippen LogP contribution in [0.3, 0.4) is 0 Å². The van der Waals surface area contributed by atoms with Gasteiger partial charge in [-0.05, 0) is 29.7 Å². The van der Waals surface area contributed by atoms with Crippen LogP contribution in [0.5, 0.6) is 0 Å². The molecule has 1 saturated carbocycles. The van der Waals surface area contributed by atoms with E-state index in [1.165, 1.54) is 5.56 Å². The van der Waals surface area contributed by atoms with Crippen LogP contribution in [0, 0.1) is 16.7 Å². The van der Waals surface area contributed by atoms with E-state index in [-0.39, 0.29) is 0 Å². The minimum absolute atomic E-state index is 0.396. The highest BCUT2D eigenvalue weighted by Crippen LogP contribution is 2.72. The Labute approximate surface area is 117 Å². The lowest BCUT2D eigenvalue weighted by Crippen LogP contribution is -2.24. The zero-order valence-electron chi connectivity index (χ0n) is 13.3. The standard InChI is InChI=1S/C16H29N3/c1-7-9-19-11-12(10-18-19)13(17-8-2)14-15(3,4)16(14,5)6/h10-11,13-14,17H,7-9H2,1-6H3. The molecule has 1 aromatic heterocycles. The first kappa shape index (κ1) is 14.6. The molecule has 2 rings (SSSR count). The van der Waals surface area contributed by atoms with Crippen LogP contribution < -0.4 is 5.32 Å². The van der Waals surface area contributed by atoms with E-state index in [1.54, 1.807) is 0 Å². The van der Waals surface area contributed by atoms with Crippen LogP contribution in [0.4, 0.5) is 0 Å². The van der Waals surface area contributed by atoms with Crippen LogP contribution in [0.15, 0.2) is 12.4 Å². The highest BCUT2D eigenvalue weighted by atomic mass is 15.3. The molecule has 19 heavy (non-hydrogen) atoms. The first-order valence-corrected chi connectivity index (χ1v) is 7.62. The molecule has 3 heteroatoms. The second kappa shape index (κ2) is 4.93. The van der Waals surface area contributed by atoms with E-state index in [9.17, 15) is 0 Å². The molecule has 1 atom stereocenters. The highest BCUT2D eigenvalue weighted by Gasteiger charge is 2.67. The van der Waals surface area contributed by atoms with Crippen molar-refractivity contribution in [2.45, 2.75) is 60.5 Å².